The summed E-state index contributed by atoms with van der Waals surface area (Å²) in [7, 11) is -2.05. The van der Waals surface area contributed by atoms with Crippen molar-refractivity contribution in [3.05, 3.63) is 24.3 Å². The maximum Gasteiger partial charge on any atom is 0.217 e. The second kappa shape index (κ2) is 2.64. The molecule has 0 atom stereocenters. The minimum absolute atomic E-state index is 0.400. The van der Waals surface area contributed by atoms with Crippen LogP contribution in [0.2, 0.25) is 0 Å². The van der Waals surface area contributed by atoms with Crippen molar-refractivity contribution in [2.45, 2.75) is 6.42 Å². The van der Waals surface area contributed by atoms with Gasteiger partial charge in [-0.15, -0.1) is 0 Å². The van der Waals surface area contributed by atoms with Crippen molar-refractivity contribution in [1.29, 1.82) is 0 Å². The largest absolute Gasteiger partial charge is 0.217 e. The van der Waals surface area contributed by atoms with Crippen LogP contribution in [0, 0.1) is 6.08 Å². The lowest BCUT2D eigenvalue weighted by Crippen LogP contribution is -1.94. The van der Waals surface area contributed by atoms with E-state index in [-0.39, 0.29) is 0 Å². The second-order valence-electron chi connectivity index (χ2n) is 1.62. The Labute approximate surface area is 55.0 Å². The molecule has 1 radical (unpaired) electrons. The molecule has 9 heavy (non-hydrogen) atoms. The lowest BCUT2D eigenvalue weighted by Gasteiger charge is -1.91. The van der Waals surface area contributed by atoms with Crippen molar-refractivity contribution in [1.82, 2.24) is 0 Å². The Morgan fingerprint density at radius 2 is 2.33 bits per heavy atom. The fourth-order valence-electron chi connectivity index (χ4n) is 0.559. The highest BCUT2D eigenvalue weighted by Crippen LogP contribution is 1.95. The van der Waals surface area contributed by atoms with Crippen molar-refractivity contribution in [3.8, 4) is 0 Å². The zero-order valence-electron chi connectivity index (χ0n) is 4.66. The molecule has 0 spiro atoms. The predicted octanol–water partition coefficient (Wildman–Crippen LogP) is 0.357. The highest BCUT2D eigenvalue weighted by molar-refractivity contribution is 7.73. The van der Waals surface area contributed by atoms with Crippen LogP contribution in [0.5, 0.6) is 0 Å². The van der Waals surface area contributed by atoms with E-state index in [0.717, 1.165) is 0 Å². The number of allylic oxidation sites excluding steroid dienone is 4. The molecule has 0 aromatic carbocycles. The molecule has 0 N–H and O–H groups in total. The monoisotopic (exact) mass is 141 g/mol. The van der Waals surface area contributed by atoms with E-state index in [4.69, 9.17) is 0 Å². The molecule has 0 aromatic heterocycles. The van der Waals surface area contributed by atoms with Gasteiger partial charge in [0.25, 0.3) is 0 Å². The standard InChI is InChI=1S/C6H5O2S/c7-9(8)6-4-2-1-3-5-6/h1-2,5H,4H2. The average molecular weight is 141 g/mol. The Bertz CT molecular complexity index is 272. The smallest absolute Gasteiger partial charge is 0.184 e. The first-order chi connectivity index (χ1) is 4.30. The third kappa shape index (κ3) is 1.54. The first-order valence-electron chi connectivity index (χ1n) is 2.50. The molecule has 1 rings (SSSR count). The van der Waals surface area contributed by atoms with Gasteiger partial charge < -0.3 is 0 Å². The van der Waals surface area contributed by atoms with E-state index < -0.39 is 10.3 Å². The fraction of sp³-hybridized carbons (Fsp3) is 0.167. The van der Waals surface area contributed by atoms with Gasteiger partial charge in [0, 0.05) is 6.42 Å². The SMILES string of the molecule is O=S(=O)=C1C=[C]C=CC1. The number of hydrogen-bond acceptors (Lipinski definition) is 2. The molecule has 2 nitrogen and oxygen atoms in total. The molecular formula is C6H5O2S. The molecule has 0 aromatic rings. The van der Waals surface area contributed by atoms with Gasteiger partial charge in [-0.05, 0) is 12.2 Å². The van der Waals surface area contributed by atoms with E-state index in [9.17, 15) is 8.42 Å². The Kier molecular flexibility index (Phi) is 1.85. The van der Waals surface area contributed by atoms with Crippen molar-refractivity contribution < 1.29 is 8.42 Å². The summed E-state index contributed by atoms with van der Waals surface area (Å²) in [4.78, 5) is 0.400. The number of hydrogen-bond donors (Lipinski definition) is 0. The molecule has 0 saturated carbocycles. The lowest BCUT2D eigenvalue weighted by atomic mass is 10.2. The molecule has 0 saturated heterocycles. The second-order valence-corrected chi connectivity index (χ2v) is 2.61. The van der Waals surface area contributed by atoms with Gasteiger partial charge in [0.2, 0.25) is 10.3 Å². The first-order valence-corrected chi connectivity index (χ1v) is 3.57. The van der Waals surface area contributed by atoms with Gasteiger partial charge >= 0.3 is 0 Å². The van der Waals surface area contributed by atoms with Gasteiger partial charge in [0.15, 0.2) is 0 Å². The molecular weight excluding hydrogens is 136 g/mol. The lowest BCUT2D eigenvalue weighted by molar-refractivity contribution is 0.627. The molecule has 0 unspecified atom stereocenters. The van der Waals surface area contributed by atoms with Crippen LogP contribution < -0.4 is 0 Å². The molecule has 1 aliphatic rings. The van der Waals surface area contributed by atoms with Crippen molar-refractivity contribution in [2.24, 2.45) is 0 Å². The van der Waals surface area contributed by atoms with Crippen LogP contribution >= 0.6 is 0 Å². The van der Waals surface area contributed by atoms with Gasteiger partial charge in [-0.1, -0.05) is 12.2 Å². The van der Waals surface area contributed by atoms with E-state index in [1.165, 1.54) is 6.08 Å². The van der Waals surface area contributed by atoms with Crippen molar-refractivity contribution in [2.75, 3.05) is 0 Å². The van der Waals surface area contributed by atoms with Crippen LogP contribution in [0.4, 0.5) is 0 Å². The molecule has 0 amide bonds. The van der Waals surface area contributed by atoms with E-state index in [1.807, 2.05) is 0 Å². The summed E-state index contributed by atoms with van der Waals surface area (Å²) < 4.78 is 20.4. The van der Waals surface area contributed by atoms with E-state index in [1.54, 1.807) is 12.2 Å². The summed E-state index contributed by atoms with van der Waals surface area (Å²) in [5.74, 6) is 0. The normalized spacial score (nSPS) is 16.2. The Hall–Kier alpha value is -0.830. The molecule has 0 fully saturated rings. The highest BCUT2D eigenvalue weighted by atomic mass is 32.2. The summed E-state index contributed by atoms with van der Waals surface area (Å²) in [5, 5.41) is 0. The van der Waals surface area contributed by atoms with Gasteiger partial charge in [-0.2, -0.15) is 8.42 Å². The first kappa shape index (κ1) is 6.29. The third-order valence-corrected chi connectivity index (χ3v) is 1.70. The summed E-state index contributed by atoms with van der Waals surface area (Å²) >= 11 is 0. The van der Waals surface area contributed by atoms with Crippen LogP contribution in [-0.4, -0.2) is 13.3 Å². The third-order valence-electron chi connectivity index (χ3n) is 0.992. The zero-order valence-corrected chi connectivity index (χ0v) is 5.48. The van der Waals surface area contributed by atoms with E-state index in [2.05, 4.69) is 6.08 Å². The van der Waals surface area contributed by atoms with Crippen molar-refractivity contribution >= 4 is 15.2 Å². The van der Waals surface area contributed by atoms with E-state index >= 15 is 0 Å². The van der Waals surface area contributed by atoms with Gasteiger partial charge in [0.1, 0.15) is 0 Å². The average Bonchev–Trinajstić information content (AvgIpc) is 1.90. The summed E-state index contributed by atoms with van der Waals surface area (Å²) in [6, 6.07) is 0. The van der Waals surface area contributed by atoms with Gasteiger partial charge in [-0.3, -0.25) is 0 Å². The van der Waals surface area contributed by atoms with Crippen LogP contribution in [0.15, 0.2) is 18.2 Å². The van der Waals surface area contributed by atoms with Gasteiger partial charge in [-0.25, -0.2) is 0 Å². The molecule has 0 heterocycles. The maximum atomic E-state index is 10.2. The molecule has 47 valence electrons. The number of rotatable bonds is 0. The maximum absolute atomic E-state index is 10.2. The Morgan fingerprint density at radius 1 is 1.56 bits per heavy atom. The predicted molar refractivity (Wildman–Crippen MR) is 35.5 cm³/mol. The Balaban J connectivity index is 3.05. The summed E-state index contributed by atoms with van der Waals surface area (Å²) in [6.45, 7) is 0. The minimum Gasteiger partial charge on any atom is -0.184 e. The quantitative estimate of drug-likeness (QED) is 0.456. The topological polar surface area (TPSA) is 34.1 Å². The van der Waals surface area contributed by atoms with E-state index in [0.29, 0.717) is 11.3 Å². The zero-order chi connectivity index (χ0) is 6.69. The van der Waals surface area contributed by atoms with Crippen molar-refractivity contribution in [3.63, 3.8) is 0 Å². The van der Waals surface area contributed by atoms with Crippen LogP contribution in [0.3, 0.4) is 0 Å². The molecule has 0 bridgehead atoms. The van der Waals surface area contributed by atoms with Crippen LogP contribution in [-0.2, 0) is 10.3 Å². The van der Waals surface area contributed by atoms with Crippen LogP contribution in [0.1, 0.15) is 6.42 Å². The van der Waals surface area contributed by atoms with Crippen LogP contribution in [0.25, 0.3) is 0 Å². The fourth-order valence-corrected chi connectivity index (χ4v) is 0.956. The molecule has 3 heteroatoms. The Morgan fingerprint density at radius 3 is 2.67 bits per heavy atom. The highest BCUT2D eigenvalue weighted by Gasteiger charge is 1.95. The molecule has 1 aliphatic carbocycles. The summed E-state index contributed by atoms with van der Waals surface area (Å²) in [5.41, 5.74) is 0. The molecule has 0 aliphatic heterocycles. The summed E-state index contributed by atoms with van der Waals surface area (Å²) in [6.07, 6.45) is 8.12. The minimum atomic E-state index is -2.05. The van der Waals surface area contributed by atoms with Gasteiger partial charge in [0.05, 0.1) is 4.86 Å².